The molecule has 2 aromatic carbocycles. The van der Waals surface area contributed by atoms with Crippen LogP contribution >= 0.6 is 0 Å². The van der Waals surface area contributed by atoms with E-state index in [0.29, 0.717) is 27.0 Å². The fourth-order valence-electron chi connectivity index (χ4n) is 4.12. The molecule has 2 aromatic heterocycles. The number of nitrogens with two attached hydrogens (primary N) is 1. The lowest BCUT2D eigenvalue weighted by molar-refractivity contribution is -0.137. The van der Waals surface area contributed by atoms with Crippen molar-refractivity contribution in [2.45, 2.75) is 25.2 Å². The Labute approximate surface area is 190 Å². The molecule has 4 aromatic rings. The molecular formula is C23H20F3N5O2. The summed E-state index contributed by atoms with van der Waals surface area (Å²) in [7, 11) is 0. The molecule has 1 aliphatic rings. The molecule has 33 heavy (non-hydrogen) atoms. The number of benzene rings is 2. The van der Waals surface area contributed by atoms with Crippen LogP contribution in [0.1, 0.15) is 50.2 Å². The molecule has 0 aliphatic carbocycles. The minimum atomic E-state index is -4.58. The summed E-state index contributed by atoms with van der Waals surface area (Å²) in [6.07, 6.45) is -2.28. The van der Waals surface area contributed by atoms with E-state index in [-0.39, 0.29) is 23.6 Å². The number of carbonyl (C=O) groups is 1. The van der Waals surface area contributed by atoms with Crippen molar-refractivity contribution < 1.29 is 26.8 Å². The predicted molar refractivity (Wildman–Crippen MR) is 116 cm³/mol. The maximum atomic E-state index is 13.7. The van der Waals surface area contributed by atoms with Crippen LogP contribution in [-0.2, 0) is 10.9 Å². The first kappa shape index (κ1) is 17.8. The number of nitrogen functional groups attached to an aromatic ring is 1. The van der Waals surface area contributed by atoms with Crippen molar-refractivity contribution in [3.05, 3.63) is 71.2 Å². The van der Waals surface area contributed by atoms with Crippen LogP contribution in [0, 0.1) is 0 Å². The number of anilines is 1. The van der Waals surface area contributed by atoms with Gasteiger partial charge in [0, 0.05) is 16.7 Å². The van der Waals surface area contributed by atoms with Crippen LogP contribution in [0.5, 0.6) is 0 Å². The summed E-state index contributed by atoms with van der Waals surface area (Å²) in [5, 5.41) is 0. The Kier molecular flexibility index (Phi) is 4.03. The van der Waals surface area contributed by atoms with Crippen molar-refractivity contribution in [1.29, 1.82) is 0 Å². The highest BCUT2D eigenvalue weighted by Gasteiger charge is 2.35. The van der Waals surface area contributed by atoms with Gasteiger partial charge in [0.25, 0.3) is 5.91 Å². The number of likely N-dealkylation sites (N-methyl/N-ethyl adjacent to an activating group) is 1. The van der Waals surface area contributed by atoms with Crippen molar-refractivity contribution in [2.24, 2.45) is 0 Å². The maximum absolute atomic E-state index is 13.7. The Balaban J connectivity index is 1.61. The molecule has 2 atom stereocenters. The van der Waals surface area contributed by atoms with E-state index in [1.807, 2.05) is 0 Å². The van der Waals surface area contributed by atoms with Crippen LogP contribution in [0.25, 0.3) is 16.6 Å². The highest BCUT2D eigenvalue weighted by molar-refractivity contribution is 5.98. The van der Waals surface area contributed by atoms with Crippen molar-refractivity contribution in [2.75, 3.05) is 19.3 Å². The standard InChI is InChI=1S/C23H20F3N5O2/c1-12-16-8-14(23(24,25)26)4-5-15(16)20(10-33-12)30(2)22(32)13-3-6-17-18(7-13)31-11-28-9-19(31)21(27)29-17/h3-9,11-12,20H,10H2,1-2H3,(H2,27,29)/t12-,20-/m1/s1/i2D3. The van der Waals surface area contributed by atoms with Gasteiger partial charge in [-0.05, 0) is 48.4 Å². The van der Waals surface area contributed by atoms with Crippen LogP contribution in [0.2, 0.25) is 0 Å². The molecule has 170 valence electrons. The number of nitrogens with zero attached hydrogens (tertiary/aromatic N) is 4. The number of imidazole rings is 1. The van der Waals surface area contributed by atoms with E-state index in [1.54, 1.807) is 17.4 Å². The topological polar surface area (TPSA) is 85.8 Å². The van der Waals surface area contributed by atoms with Crippen LogP contribution in [0.4, 0.5) is 19.0 Å². The van der Waals surface area contributed by atoms with Gasteiger partial charge in [0.05, 0.1) is 47.9 Å². The second-order valence-corrected chi connectivity index (χ2v) is 7.86. The van der Waals surface area contributed by atoms with Crippen molar-refractivity contribution >= 4 is 28.3 Å². The summed E-state index contributed by atoms with van der Waals surface area (Å²) < 4.78 is 71.5. The molecule has 0 unspecified atom stereocenters. The predicted octanol–water partition coefficient (Wildman–Crippen LogP) is 4.39. The zero-order valence-electron chi connectivity index (χ0n) is 20.3. The lowest BCUT2D eigenvalue weighted by Gasteiger charge is -2.36. The number of hydrogen-bond acceptors (Lipinski definition) is 5. The van der Waals surface area contributed by atoms with E-state index in [1.165, 1.54) is 30.7 Å². The number of alkyl halides is 3. The third-order valence-corrected chi connectivity index (χ3v) is 5.87. The molecule has 10 heteroatoms. The molecular weight excluding hydrogens is 435 g/mol. The van der Waals surface area contributed by atoms with Gasteiger partial charge in [0.15, 0.2) is 0 Å². The lowest BCUT2D eigenvalue weighted by atomic mass is 9.91. The Bertz CT molecular complexity index is 1500. The smallest absolute Gasteiger partial charge is 0.382 e. The van der Waals surface area contributed by atoms with E-state index in [9.17, 15) is 18.0 Å². The zero-order valence-corrected chi connectivity index (χ0v) is 17.3. The van der Waals surface area contributed by atoms with Crippen LogP contribution in [-0.4, -0.2) is 38.8 Å². The summed E-state index contributed by atoms with van der Waals surface area (Å²) in [4.78, 5) is 22.7. The van der Waals surface area contributed by atoms with E-state index in [2.05, 4.69) is 9.97 Å². The van der Waals surface area contributed by atoms with E-state index < -0.39 is 36.8 Å². The fourth-order valence-corrected chi connectivity index (χ4v) is 4.12. The Morgan fingerprint density at radius 3 is 2.82 bits per heavy atom. The van der Waals surface area contributed by atoms with Gasteiger partial charge in [-0.1, -0.05) is 6.07 Å². The molecule has 2 N–H and O–H groups in total. The molecule has 5 rings (SSSR count). The van der Waals surface area contributed by atoms with Gasteiger partial charge in [-0.15, -0.1) is 0 Å². The van der Waals surface area contributed by atoms with Crippen molar-refractivity contribution in [1.82, 2.24) is 19.3 Å². The Morgan fingerprint density at radius 2 is 2.06 bits per heavy atom. The Hall–Kier alpha value is -3.66. The van der Waals surface area contributed by atoms with E-state index in [4.69, 9.17) is 14.6 Å². The largest absolute Gasteiger partial charge is 0.416 e. The summed E-state index contributed by atoms with van der Waals surface area (Å²) in [6.45, 7) is -1.53. The van der Waals surface area contributed by atoms with E-state index >= 15 is 0 Å². The molecule has 0 saturated heterocycles. The van der Waals surface area contributed by atoms with Gasteiger partial charge in [0.2, 0.25) is 0 Å². The number of fused-ring (bicyclic) bond motifs is 4. The number of aromatic nitrogens is 3. The number of halogens is 3. The van der Waals surface area contributed by atoms with Gasteiger partial charge < -0.3 is 15.4 Å². The first-order valence-corrected chi connectivity index (χ1v) is 10.0. The molecule has 1 amide bonds. The summed E-state index contributed by atoms with van der Waals surface area (Å²) in [5.74, 6) is -0.595. The zero-order chi connectivity index (χ0) is 26.0. The number of carbonyl (C=O) groups excluding carboxylic acids is 1. The minimum Gasteiger partial charge on any atom is -0.382 e. The van der Waals surface area contributed by atoms with Crippen LogP contribution in [0.15, 0.2) is 48.9 Å². The first-order chi connectivity index (χ1) is 16.9. The van der Waals surface area contributed by atoms with Crippen LogP contribution < -0.4 is 5.73 Å². The normalized spacial score (nSPS) is 20.2. The molecule has 7 nitrogen and oxygen atoms in total. The monoisotopic (exact) mass is 458 g/mol. The molecule has 3 heterocycles. The lowest BCUT2D eigenvalue weighted by Crippen LogP contribution is -2.37. The van der Waals surface area contributed by atoms with Gasteiger partial charge in [-0.3, -0.25) is 9.20 Å². The molecule has 0 bridgehead atoms. The molecule has 0 spiro atoms. The van der Waals surface area contributed by atoms with Crippen molar-refractivity contribution in [3.63, 3.8) is 0 Å². The van der Waals surface area contributed by atoms with Gasteiger partial charge in [0.1, 0.15) is 11.3 Å². The fraction of sp³-hybridized carbons (Fsp3) is 0.261. The summed E-state index contributed by atoms with van der Waals surface area (Å²) in [5.41, 5.74) is 7.06. The second-order valence-electron chi connectivity index (χ2n) is 7.86. The van der Waals surface area contributed by atoms with Gasteiger partial charge in [-0.25, -0.2) is 9.97 Å². The quantitative estimate of drug-likeness (QED) is 0.482. The first-order valence-electron chi connectivity index (χ1n) is 11.5. The summed E-state index contributed by atoms with van der Waals surface area (Å²) in [6, 6.07) is 6.36. The number of ether oxygens (including phenoxy) is 1. The molecule has 1 aliphatic heterocycles. The molecule has 0 saturated carbocycles. The van der Waals surface area contributed by atoms with Gasteiger partial charge >= 0.3 is 6.18 Å². The highest BCUT2D eigenvalue weighted by Crippen LogP contribution is 2.39. The SMILES string of the molecule is [2H]C([2H])([2H])N(C(=O)c1ccc2nc(N)c3cncn3c2c1)[C@@H]1CO[C@H](C)c2cc(C(F)(F)F)ccc21. The highest BCUT2D eigenvalue weighted by atomic mass is 19.4. The maximum Gasteiger partial charge on any atom is 0.416 e. The molecule has 0 radical (unpaired) electrons. The number of amides is 1. The van der Waals surface area contributed by atoms with Crippen LogP contribution in [0.3, 0.4) is 0 Å². The average Bonchev–Trinajstić information content (AvgIpc) is 3.30. The third-order valence-electron chi connectivity index (χ3n) is 5.87. The number of hydrogen-bond donors (Lipinski definition) is 1. The minimum absolute atomic E-state index is 0.0484. The summed E-state index contributed by atoms with van der Waals surface area (Å²) >= 11 is 0. The Morgan fingerprint density at radius 1 is 1.24 bits per heavy atom. The second kappa shape index (κ2) is 7.45. The third kappa shape index (κ3) is 3.46. The average molecular weight is 458 g/mol. The van der Waals surface area contributed by atoms with Crippen molar-refractivity contribution in [3.8, 4) is 0 Å². The van der Waals surface area contributed by atoms with Gasteiger partial charge in [-0.2, -0.15) is 13.2 Å². The van der Waals surface area contributed by atoms with E-state index in [0.717, 1.165) is 12.1 Å². The number of rotatable bonds is 2. The molecule has 0 fully saturated rings.